The predicted molar refractivity (Wildman–Crippen MR) is 100.0 cm³/mol. The molecule has 6 heteroatoms. The molecule has 0 aromatic heterocycles. The Morgan fingerprint density at radius 1 is 1.20 bits per heavy atom. The zero-order valence-electron chi connectivity index (χ0n) is 14.7. The van der Waals surface area contributed by atoms with Crippen molar-refractivity contribution in [1.29, 1.82) is 0 Å². The number of hydrogen-bond donors (Lipinski definition) is 2. The maximum absolute atomic E-state index is 12.7. The van der Waals surface area contributed by atoms with E-state index in [1.807, 2.05) is 24.3 Å². The second kappa shape index (κ2) is 7.41. The van der Waals surface area contributed by atoms with Crippen LogP contribution in [0.25, 0.3) is 10.8 Å². The lowest BCUT2D eigenvalue weighted by molar-refractivity contribution is 0.111. The highest BCUT2D eigenvalue weighted by Crippen LogP contribution is 2.23. The molecule has 0 amide bonds. The molecule has 2 aromatic carbocycles. The molecule has 3 atom stereocenters. The first-order chi connectivity index (χ1) is 11.9. The number of rotatable bonds is 6. The van der Waals surface area contributed by atoms with Crippen molar-refractivity contribution < 1.29 is 13.5 Å². The summed E-state index contributed by atoms with van der Waals surface area (Å²) in [6.07, 6.45) is 0.395. The van der Waals surface area contributed by atoms with Crippen LogP contribution < -0.4 is 4.72 Å². The standard InChI is InChI=1S/C19H26N2O3S/c1-14-10-15(2)21(12-14)13-17(22)11-20-25(23,24)19-9-5-7-16-6-3-4-8-18(16)19/h3-9,14-15,17,20,22H,10-13H2,1-2H3/t14?,15?,17-/m0/s1. The van der Waals surface area contributed by atoms with Crippen molar-refractivity contribution in [3.05, 3.63) is 42.5 Å². The number of sulfonamides is 1. The van der Waals surface area contributed by atoms with Gasteiger partial charge in [-0.1, -0.05) is 43.3 Å². The van der Waals surface area contributed by atoms with Crippen LogP contribution in [0.15, 0.2) is 47.4 Å². The van der Waals surface area contributed by atoms with E-state index in [-0.39, 0.29) is 11.4 Å². The smallest absolute Gasteiger partial charge is 0.241 e. The first-order valence-electron chi connectivity index (χ1n) is 8.76. The summed E-state index contributed by atoms with van der Waals surface area (Å²) >= 11 is 0. The van der Waals surface area contributed by atoms with Crippen LogP contribution in [-0.4, -0.2) is 50.2 Å². The van der Waals surface area contributed by atoms with E-state index < -0.39 is 16.1 Å². The van der Waals surface area contributed by atoms with Gasteiger partial charge in [-0.05, 0) is 30.7 Å². The molecule has 0 aliphatic carbocycles. The van der Waals surface area contributed by atoms with Gasteiger partial charge in [0.05, 0.1) is 11.0 Å². The molecule has 2 unspecified atom stereocenters. The van der Waals surface area contributed by atoms with Crippen molar-refractivity contribution >= 4 is 20.8 Å². The average molecular weight is 362 g/mol. The fraction of sp³-hybridized carbons (Fsp3) is 0.474. The van der Waals surface area contributed by atoms with Crippen molar-refractivity contribution in [3.63, 3.8) is 0 Å². The summed E-state index contributed by atoms with van der Waals surface area (Å²) in [5.74, 6) is 0.620. The molecular weight excluding hydrogens is 336 g/mol. The third-order valence-electron chi connectivity index (χ3n) is 4.91. The highest BCUT2D eigenvalue weighted by atomic mass is 32.2. The van der Waals surface area contributed by atoms with E-state index in [2.05, 4.69) is 23.5 Å². The number of benzene rings is 2. The fourth-order valence-electron chi connectivity index (χ4n) is 3.69. The van der Waals surface area contributed by atoms with Crippen molar-refractivity contribution in [1.82, 2.24) is 9.62 Å². The molecule has 136 valence electrons. The normalized spacial score (nSPS) is 23.2. The minimum absolute atomic E-state index is 0.0170. The van der Waals surface area contributed by atoms with Gasteiger partial charge in [0.25, 0.3) is 0 Å². The molecule has 1 saturated heterocycles. The Morgan fingerprint density at radius 2 is 1.92 bits per heavy atom. The van der Waals surface area contributed by atoms with Gasteiger partial charge < -0.3 is 5.11 Å². The fourth-order valence-corrected chi connectivity index (χ4v) is 4.99. The lowest BCUT2D eigenvalue weighted by Gasteiger charge is -2.24. The second-order valence-electron chi connectivity index (χ2n) is 7.13. The van der Waals surface area contributed by atoms with Crippen molar-refractivity contribution in [2.24, 2.45) is 5.92 Å². The topological polar surface area (TPSA) is 69.6 Å². The minimum Gasteiger partial charge on any atom is -0.390 e. The quantitative estimate of drug-likeness (QED) is 0.827. The van der Waals surface area contributed by atoms with Crippen molar-refractivity contribution in [3.8, 4) is 0 Å². The molecule has 2 N–H and O–H groups in total. The highest BCUT2D eigenvalue weighted by molar-refractivity contribution is 7.89. The molecule has 0 spiro atoms. The summed E-state index contributed by atoms with van der Waals surface area (Å²) < 4.78 is 27.9. The molecule has 5 nitrogen and oxygen atoms in total. The minimum atomic E-state index is -3.67. The monoisotopic (exact) mass is 362 g/mol. The van der Waals surface area contributed by atoms with E-state index in [1.165, 1.54) is 0 Å². The molecular formula is C19H26N2O3S. The molecule has 0 saturated carbocycles. The lowest BCUT2D eigenvalue weighted by atomic mass is 10.1. The molecule has 1 aliphatic rings. The number of nitrogens with zero attached hydrogens (tertiary/aromatic N) is 1. The Kier molecular flexibility index (Phi) is 5.43. The van der Waals surface area contributed by atoms with Crippen LogP contribution >= 0.6 is 0 Å². The third-order valence-corrected chi connectivity index (χ3v) is 6.39. The second-order valence-corrected chi connectivity index (χ2v) is 8.86. The molecule has 25 heavy (non-hydrogen) atoms. The van der Waals surface area contributed by atoms with Crippen LogP contribution in [0.4, 0.5) is 0 Å². The van der Waals surface area contributed by atoms with Crippen molar-refractivity contribution in [2.45, 2.75) is 37.3 Å². The molecule has 2 aromatic rings. The third kappa shape index (κ3) is 4.20. The summed E-state index contributed by atoms with van der Waals surface area (Å²) in [6.45, 7) is 5.81. The Balaban J connectivity index is 1.67. The van der Waals surface area contributed by atoms with Crippen LogP contribution in [0.2, 0.25) is 0 Å². The Hall–Kier alpha value is -1.47. The SMILES string of the molecule is CC1CC(C)N(C[C@@H](O)CNS(=O)(=O)c2cccc3ccccc23)C1. The van der Waals surface area contributed by atoms with Gasteiger partial charge >= 0.3 is 0 Å². The largest absolute Gasteiger partial charge is 0.390 e. The van der Waals surface area contributed by atoms with Gasteiger partial charge in [-0.3, -0.25) is 4.90 Å². The Labute approximate surface area is 149 Å². The molecule has 3 rings (SSSR count). The van der Waals surface area contributed by atoms with E-state index in [0.29, 0.717) is 23.9 Å². The van der Waals surface area contributed by atoms with Crippen LogP contribution in [0, 0.1) is 5.92 Å². The van der Waals surface area contributed by atoms with Crippen LogP contribution in [0.1, 0.15) is 20.3 Å². The predicted octanol–water partition coefficient (Wildman–Crippen LogP) is 2.21. The number of aliphatic hydroxyl groups excluding tert-OH is 1. The summed E-state index contributed by atoms with van der Waals surface area (Å²) in [5.41, 5.74) is 0. The van der Waals surface area contributed by atoms with Gasteiger partial charge in [-0.15, -0.1) is 0 Å². The molecule has 1 heterocycles. The van der Waals surface area contributed by atoms with Crippen LogP contribution in [0.5, 0.6) is 0 Å². The summed E-state index contributed by atoms with van der Waals surface area (Å²) in [4.78, 5) is 2.47. The van der Waals surface area contributed by atoms with Gasteiger partial charge in [0.2, 0.25) is 10.0 Å². The Bertz CT molecular complexity index is 832. The molecule has 0 radical (unpaired) electrons. The molecule has 0 bridgehead atoms. The first-order valence-corrected chi connectivity index (χ1v) is 10.2. The van der Waals surface area contributed by atoms with Gasteiger partial charge in [-0.25, -0.2) is 13.1 Å². The van der Waals surface area contributed by atoms with E-state index in [4.69, 9.17) is 0 Å². The summed E-state index contributed by atoms with van der Waals surface area (Å²) in [7, 11) is -3.67. The molecule has 1 aliphatic heterocycles. The van der Waals surface area contributed by atoms with E-state index >= 15 is 0 Å². The lowest BCUT2D eigenvalue weighted by Crippen LogP contribution is -2.41. The van der Waals surface area contributed by atoms with Gasteiger partial charge in [0.1, 0.15) is 0 Å². The van der Waals surface area contributed by atoms with Gasteiger partial charge in [0.15, 0.2) is 0 Å². The highest BCUT2D eigenvalue weighted by Gasteiger charge is 2.28. The average Bonchev–Trinajstić information content (AvgIpc) is 2.90. The molecule has 1 fully saturated rings. The van der Waals surface area contributed by atoms with E-state index in [1.54, 1.807) is 18.2 Å². The van der Waals surface area contributed by atoms with Crippen molar-refractivity contribution in [2.75, 3.05) is 19.6 Å². The number of hydrogen-bond acceptors (Lipinski definition) is 4. The van der Waals surface area contributed by atoms with E-state index in [0.717, 1.165) is 18.4 Å². The van der Waals surface area contributed by atoms with Gasteiger partial charge in [-0.2, -0.15) is 0 Å². The number of β-amino-alcohol motifs (C(OH)–C–C–N with tert-alkyl or cyclic N) is 1. The number of nitrogens with one attached hydrogen (secondary N) is 1. The van der Waals surface area contributed by atoms with Gasteiger partial charge in [0, 0.05) is 31.1 Å². The Morgan fingerprint density at radius 3 is 2.64 bits per heavy atom. The van der Waals surface area contributed by atoms with E-state index in [9.17, 15) is 13.5 Å². The summed E-state index contributed by atoms with van der Waals surface area (Å²) in [6, 6.07) is 13.0. The summed E-state index contributed by atoms with van der Waals surface area (Å²) in [5, 5.41) is 11.8. The van der Waals surface area contributed by atoms with Crippen LogP contribution in [-0.2, 0) is 10.0 Å². The maximum atomic E-state index is 12.7. The van der Waals surface area contributed by atoms with Crippen LogP contribution in [0.3, 0.4) is 0 Å². The number of fused-ring (bicyclic) bond motifs is 1. The maximum Gasteiger partial charge on any atom is 0.241 e. The number of likely N-dealkylation sites (tertiary alicyclic amines) is 1. The zero-order valence-corrected chi connectivity index (χ0v) is 15.5. The first kappa shape index (κ1) is 18.3. The number of aliphatic hydroxyl groups is 1. The zero-order chi connectivity index (χ0) is 18.0.